The van der Waals surface area contributed by atoms with Crippen LogP contribution in [0, 0.1) is 11.8 Å². The van der Waals surface area contributed by atoms with Crippen molar-refractivity contribution in [1.82, 2.24) is 4.90 Å². The van der Waals surface area contributed by atoms with Crippen molar-refractivity contribution in [2.24, 2.45) is 11.8 Å². The summed E-state index contributed by atoms with van der Waals surface area (Å²) in [5.74, 6) is -3.69. The van der Waals surface area contributed by atoms with Crippen LogP contribution in [0.4, 0.5) is 13.2 Å². The Morgan fingerprint density at radius 3 is 2.41 bits per heavy atom. The molecule has 0 spiro atoms. The van der Waals surface area contributed by atoms with Gasteiger partial charge in [0.05, 0.1) is 0 Å². The lowest BCUT2D eigenvalue weighted by atomic mass is 9.90. The number of carbonyl (C=O) groups is 2. The average molecular weight is 251 g/mol. The highest BCUT2D eigenvalue weighted by molar-refractivity contribution is 5.87. The minimum atomic E-state index is -5.00. The van der Waals surface area contributed by atoms with Crippen LogP contribution < -0.4 is 0 Å². The zero-order valence-electron chi connectivity index (χ0n) is 8.91. The number of nitrogens with zero attached hydrogens (tertiary/aromatic N) is 1. The normalized spacial score (nSPS) is 32.6. The standard InChI is InChI=1S/C10H12F3NO3/c11-10(12,13)9(17)14-4-5-1-2-6(3-5)7(14)8(15)16/h5-7H,1-4H2,(H,15,16)/t5-,6+,7-/m0/s1. The van der Waals surface area contributed by atoms with Gasteiger partial charge in [-0.05, 0) is 31.1 Å². The molecule has 1 heterocycles. The number of alkyl halides is 3. The van der Waals surface area contributed by atoms with Crippen molar-refractivity contribution in [3.63, 3.8) is 0 Å². The summed E-state index contributed by atoms with van der Waals surface area (Å²) in [5.41, 5.74) is 0. The van der Waals surface area contributed by atoms with Gasteiger partial charge in [-0.15, -0.1) is 0 Å². The lowest BCUT2D eigenvalue weighted by molar-refractivity contribution is -0.193. The van der Waals surface area contributed by atoms with E-state index in [-0.39, 0.29) is 18.4 Å². The van der Waals surface area contributed by atoms with E-state index in [0.29, 0.717) is 24.2 Å². The predicted molar refractivity (Wildman–Crippen MR) is 50.0 cm³/mol. The van der Waals surface area contributed by atoms with Crippen LogP contribution in [-0.4, -0.2) is 40.6 Å². The number of fused-ring (bicyclic) bond motifs is 2. The molecule has 17 heavy (non-hydrogen) atoms. The molecule has 2 aliphatic rings. The number of halogens is 3. The summed E-state index contributed by atoms with van der Waals surface area (Å²) >= 11 is 0. The zero-order valence-corrected chi connectivity index (χ0v) is 8.91. The van der Waals surface area contributed by atoms with E-state index < -0.39 is 24.1 Å². The number of carbonyl (C=O) groups excluding carboxylic acids is 1. The van der Waals surface area contributed by atoms with E-state index in [2.05, 4.69) is 0 Å². The van der Waals surface area contributed by atoms with Crippen molar-refractivity contribution in [3.05, 3.63) is 0 Å². The molecule has 0 aromatic heterocycles. The molecule has 1 amide bonds. The topological polar surface area (TPSA) is 57.6 Å². The molecule has 4 nitrogen and oxygen atoms in total. The summed E-state index contributed by atoms with van der Waals surface area (Å²) in [4.78, 5) is 22.7. The van der Waals surface area contributed by atoms with Crippen LogP contribution in [-0.2, 0) is 9.59 Å². The van der Waals surface area contributed by atoms with Crippen LogP contribution in [0.25, 0.3) is 0 Å². The first-order valence-corrected chi connectivity index (χ1v) is 5.41. The Hall–Kier alpha value is -1.27. The molecule has 2 bridgehead atoms. The van der Waals surface area contributed by atoms with Crippen LogP contribution in [0.15, 0.2) is 0 Å². The first kappa shape index (κ1) is 12.2. The molecule has 1 aliphatic carbocycles. The summed E-state index contributed by atoms with van der Waals surface area (Å²) in [7, 11) is 0. The van der Waals surface area contributed by atoms with Crippen LogP contribution >= 0.6 is 0 Å². The molecule has 0 aromatic rings. The molecule has 0 unspecified atom stereocenters. The van der Waals surface area contributed by atoms with E-state index in [9.17, 15) is 22.8 Å². The number of likely N-dealkylation sites (tertiary alicyclic amines) is 1. The van der Waals surface area contributed by atoms with E-state index in [0.717, 1.165) is 0 Å². The highest BCUT2D eigenvalue weighted by Crippen LogP contribution is 2.41. The summed E-state index contributed by atoms with van der Waals surface area (Å²) in [6.45, 7) is -0.0915. The van der Waals surface area contributed by atoms with Crippen molar-refractivity contribution in [2.45, 2.75) is 31.5 Å². The highest BCUT2D eigenvalue weighted by Gasteiger charge is 2.52. The van der Waals surface area contributed by atoms with Crippen LogP contribution in [0.2, 0.25) is 0 Å². The molecule has 1 saturated heterocycles. The van der Waals surface area contributed by atoms with Crippen LogP contribution in [0.1, 0.15) is 19.3 Å². The molecule has 96 valence electrons. The van der Waals surface area contributed by atoms with Gasteiger partial charge in [0.15, 0.2) is 0 Å². The molecule has 7 heteroatoms. The van der Waals surface area contributed by atoms with Crippen molar-refractivity contribution in [2.75, 3.05) is 6.54 Å². The largest absolute Gasteiger partial charge is 0.480 e. The van der Waals surface area contributed by atoms with E-state index in [1.165, 1.54) is 0 Å². The van der Waals surface area contributed by atoms with E-state index >= 15 is 0 Å². The second-order valence-electron chi connectivity index (χ2n) is 4.68. The summed E-state index contributed by atoms with van der Waals surface area (Å²) in [5, 5.41) is 8.98. The number of rotatable bonds is 1. The third-order valence-corrected chi connectivity index (χ3v) is 3.58. The Balaban J connectivity index is 2.25. The summed E-state index contributed by atoms with van der Waals surface area (Å²) in [6.07, 6.45) is -3.09. The first-order valence-electron chi connectivity index (χ1n) is 5.41. The monoisotopic (exact) mass is 251 g/mol. The van der Waals surface area contributed by atoms with Gasteiger partial charge in [-0.1, -0.05) is 0 Å². The van der Waals surface area contributed by atoms with Crippen molar-refractivity contribution in [1.29, 1.82) is 0 Å². The smallest absolute Gasteiger partial charge is 0.471 e. The van der Waals surface area contributed by atoms with Gasteiger partial charge in [-0.25, -0.2) is 4.79 Å². The van der Waals surface area contributed by atoms with Gasteiger partial charge >= 0.3 is 18.1 Å². The van der Waals surface area contributed by atoms with Gasteiger partial charge in [0, 0.05) is 6.54 Å². The minimum absolute atomic E-state index is 0.0156. The zero-order chi connectivity index (χ0) is 12.8. The van der Waals surface area contributed by atoms with Gasteiger partial charge < -0.3 is 10.0 Å². The van der Waals surface area contributed by atoms with Gasteiger partial charge in [-0.2, -0.15) is 13.2 Å². The molecule has 1 aliphatic heterocycles. The SMILES string of the molecule is O=C(O)[C@@H]1[C@@H]2CC[C@@H](C2)CN1C(=O)C(F)(F)F. The maximum Gasteiger partial charge on any atom is 0.471 e. The van der Waals surface area contributed by atoms with Gasteiger partial charge in [0.1, 0.15) is 6.04 Å². The molecule has 1 saturated carbocycles. The third-order valence-electron chi connectivity index (χ3n) is 3.58. The Bertz CT molecular complexity index is 355. The van der Waals surface area contributed by atoms with E-state index in [1.54, 1.807) is 0 Å². The maximum atomic E-state index is 12.4. The second kappa shape index (κ2) is 3.89. The summed E-state index contributed by atoms with van der Waals surface area (Å²) < 4.78 is 37.1. The van der Waals surface area contributed by atoms with Crippen LogP contribution in [0.3, 0.4) is 0 Å². The maximum absolute atomic E-state index is 12.4. The van der Waals surface area contributed by atoms with Crippen LogP contribution in [0.5, 0.6) is 0 Å². The molecule has 3 atom stereocenters. The number of hydrogen-bond acceptors (Lipinski definition) is 2. The Morgan fingerprint density at radius 1 is 1.24 bits per heavy atom. The molecule has 1 N–H and O–H groups in total. The molecular formula is C10H12F3NO3. The van der Waals surface area contributed by atoms with E-state index in [1.807, 2.05) is 0 Å². The molecule has 2 fully saturated rings. The van der Waals surface area contributed by atoms with Crippen molar-refractivity contribution >= 4 is 11.9 Å². The van der Waals surface area contributed by atoms with E-state index in [4.69, 9.17) is 5.11 Å². The number of carboxylic acids is 1. The number of piperidine rings is 1. The quantitative estimate of drug-likeness (QED) is 0.763. The number of amides is 1. The number of hydrogen-bond donors (Lipinski definition) is 1. The Morgan fingerprint density at radius 2 is 1.88 bits per heavy atom. The minimum Gasteiger partial charge on any atom is -0.480 e. The average Bonchev–Trinajstić information content (AvgIpc) is 2.56. The molecule has 2 rings (SSSR count). The van der Waals surface area contributed by atoms with Gasteiger partial charge in [0.2, 0.25) is 0 Å². The Labute approximate surface area is 95.4 Å². The predicted octanol–water partition coefficient (Wildman–Crippen LogP) is 1.26. The fourth-order valence-corrected chi connectivity index (χ4v) is 2.92. The highest BCUT2D eigenvalue weighted by atomic mass is 19.4. The Kier molecular flexibility index (Phi) is 2.79. The second-order valence-corrected chi connectivity index (χ2v) is 4.68. The molecular weight excluding hydrogens is 239 g/mol. The first-order chi connectivity index (χ1) is 7.80. The fraction of sp³-hybridized carbons (Fsp3) is 0.800. The number of aliphatic carboxylic acids is 1. The fourth-order valence-electron chi connectivity index (χ4n) is 2.92. The lowest BCUT2D eigenvalue weighted by Gasteiger charge is -2.37. The third kappa shape index (κ3) is 2.10. The van der Waals surface area contributed by atoms with Gasteiger partial charge in [0.25, 0.3) is 0 Å². The van der Waals surface area contributed by atoms with Crippen molar-refractivity contribution in [3.8, 4) is 0 Å². The van der Waals surface area contributed by atoms with Crippen molar-refractivity contribution < 1.29 is 27.9 Å². The summed E-state index contributed by atoms with van der Waals surface area (Å²) in [6, 6.07) is -1.32. The van der Waals surface area contributed by atoms with Gasteiger partial charge in [-0.3, -0.25) is 4.79 Å². The number of carboxylic acid groups (broad SMARTS) is 1. The lowest BCUT2D eigenvalue weighted by Crippen LogP contribution is -2.56. The molecule has 0 radical (unpaired) electrons. The molecule has 0 aromatic carbocycles.